The van der Waals surface area contributed by atoms with E-state index in [4.69, 9.17) is 10.4 Å². The Kier molecular flexibility index (Phi) is 3.90. The summed E-state index contributed by atoms with van der Waals surface area (Å²) < 4.78 is 0. The van der Waals surface area contributed by atoms with Gasteiger partial charge in [0.1, 0.15) is 0 Å². The topological polar surface area (TPSA) is 73.1 Å². The molecule has 1 unspecified atom stereocenters. The number of hydrogen-bond acceptors (Lipinski definition) is 3. The molecule has 0 aromatic heterocycles. The first-order valence-corrected chi connectivity index (χ1v) is 5.02. The van der Waals surface area contributed by atoms with Gasteiger partial charge in [-0.3, -0.25) is 4.79 Å². The molecule has 2 N–H and O–H groups in total. The monoisotopic (exact) mass is 218 g/mol. The van der Waals surface area contributed by atoms with Gasteiger partial charge in [-0.25, -0.2) is 0 Å². The van der Waals surface area contributed by atoms with Crippen molar-refractivity contribution in [1.29, 1.82) is 5.26 Å². The molecule has 0 bridgehead atoms. The molecule has 4 heteroatoms. The number of aryl methyl sites for hydroxylation is 1. The zero-order chi connectivity index (χ0) is 12.1. The van der Waals surface area contributed by atoms with Crippen molar-refractivity contribution in [2.24, 2.45) is 0 Å². The van der Waals surface area contributed by atoms with Crippen LogP contribution in [0.4, 0.5) is 5.69 Å². The Morgan fingerprint density at radius 1 is 1.62 bits per heavy atom. The van der Waals surface area contributed by atoms with Crippen LogP contribution >= 0.6 is 0 Å². The molecule has 0 aliphatic carbocycles. The van der Waals surface area contributed by atoms with Crippen molar-refractivity contribution in [2.75, 3.05) is 5.32 Å². The lowest BCUT2D eigenvalue weighted by Gasteiger charge is -2.15. The summed E-state index contributed by atoms with van der Waals surface area (Å²) in [5, 5.41) is 20.4. The SMILES string of the molecule is Cc1cc(C#N)ccc1NC(C)CC(=O)O. The first-order valence-electron chi connectivity index (χ1n) is 5.02. The summed E-state index contributed by atoms with van der Waals surface area (Å²) in [6.45, 7) is 3.70. The molecule has 1 aromatic carbocycles. The second kappa shape index (κ2) is 5.17. The van der Waals surface area contributed by atoms with Crippen LogP contribution in [0, 0.1) is 18.3 Å². The number of rotatable bonds is 4. The number of nitrogens with zero attached hydrogens (tertiary/aromatic N) is 1. The predicted molar refractivity (Wildman–Crippen MR) is 61.2 cm³/mol. The summed E-state index contributed by atoms with van der Waals surface area (Å²) >= 11 is 0. The second-order valence-corrected chi connectivity index (χ2v) is 3.78. The Morgan fingerprint density at radius 2 is 2.31 bits per heavy atom. The number of carbonyl (C=O) groups is 1. The highest BCUT2D eigenvalue weighted by Gasteiger charge is 2.08. The second-order valence-electron chi connectivity index (χ2n) is 3.78. The maximum Gasteiger partial charge on any atom is 0.305 e. The molecule has 4 nitrogen and oxygen atoms in total. The molecular weight excluding hydrogens is 204 g/mol. The molecule has 0 aliphatic rings. The molecule has 0 heterocycles. The number of anilines is 1. The van der Waals surface area contributed by atoms with Crippen LogP contribution in [0.3, 0.4) is 0 Å². The van der Waals surface area contributed by atoms with Crippen molar-refractivity contribution in [3.63, 3.8) is 0 Å². The van der Waals surface area contributed by atoms with Crippen LogP contribution in [-0.4, -0.2) is 17.1 Å². The van der Waals surface area contributed by atoms with Gasteiger partial charge in [0.25, 0.3) is 0 Å². The van der Waals surface area contributed by atoms with E-state index >= 15 is 0 Å². The lowest BCUT2D eigenvalue weighted by atomic mass is 10.1. The fourth-order valence-corrected chi connectivity index (χ4v) is 1.47. The van der Waals surface area contributed by atoms with Gasteiger partial charge in [-0.2, -0.15) is 5.26 Å². The minimum atomic E-state index is -0.828. The highest BCUT2D eigenvalue weighted by Crippen LogP contribution is 2.17. The quantitative estimate of drug-likeness (QED) is 0.812. The Labute approximate surface area is 94.5 Å². The molecule has 0 radical (unpaired) electrons. The number of aliphatic carboxylic acids is 1. The number of benzene rings is 1. The number of carboxylic acid groups (broad SMARTS) is 1. The lowest BCUT2D eigenvalue weighted by Crippen LogP contribution is -2.19. The van der Waals surface area contributed by atoms with E-state index in [1.807, 2.05) is 13.8 Å². The van der Waals surface area contributed by atoms with E-state index in [2.05, 4.69) is 11.4 Å². The van der Waals surface area contributed by atoms with Crippen molar-refractivity contribution in [1.82, 2.24) is 0 Å². The number of nitrogens with one attached hydrogen (secondary N) is 1. The van der Waals surface area contributed by atoms with E-state index in [0.29, 0.717) is 5.56 Å². The van der Waals surface area contributed by atoms with Gasteiger partial charge >= 0.3 is 5.97 Å². The third kappa shape index (κ3) is 3.28. The fraction of sp³-hybridized carbons (Fsp3) is 0.333. The first kappa shape index (κ1) is 12.1. The Balaban J connectivity index is 2.75. The fourth-order valence-electron chi connectivity index (χ4n) is 1.47. The molecule has 0 spiro atoms. The van der Waals surface area contributed by atoms with Crippen LogP contribution < -0.4 is 5.32 Å². The molecule has 16 heavy (non-hydrogen) atoms. The Hall–Kier alpha value is -2.02. The molecular formula is C12H14N2O2. The van der Waals surface area contributed by atoms with Crippen molar-refractivity contribution >= 4 is 11.7 Å². The third-order valence-electron chi connectivity index (χ3n) is 2.24. The summed E-state index contributed by atoms with van der Waals surface area (Å²) in [7, 11) is 0. The molecule has 0 saturated heterocycles. The van der Waals surface area contributed by atoms with Crippen LogP contribution in [0.2, 0.25) is 0 Å². The zero-order valence-electron chi connectivity index (χ0n) is 9.32. The summed E-state index contributed by atoms with van der Waals surface area (Å²) in [4.78, 5) is 10.5. The first-order chi connectivity index (χ1) is 7.52. The summed E-state index contributed by atoms with van der Waals surface area (Å²) in [6.07, 6.45) is 0.0689. The molecule has 1 rings (SSSR count). The van der Waals surface area contributed by atoms with Gasteiger partial charge in [-0.1, -0.05) is 0 Å². The van der Waals surface area contributed by atoms with Crippen molar-refractivity contribution in [2.45, 2.75) is 26.3 Å². The summed E-state index contributed by atoms with van der Waals surface area (Å²) in [5.41, 5.74) is 2.41. The van der Waals surface area contributed by atoms with Crippen LogP contribution in [0.15, 0.2) is 18.2 Å². The largest absolute Gasteiger partial charge is 0.481 e. The van der Waals surface area contributed by atoms with Crippen LogP contribution in [0.5, 0.6) is 0 Å². The maximum atomic E-state index is 10.5. The van der Waals surface area contributed by atoms with Gasteiger partial charge in [0.15, 0.2) is 0 Å². The minimum absolute atomic E-state index is 0.0689. The van der Waals surface area contributed by atoms with Crippen molar-refractivity contribution in [3.05, 3.63) is 29.3 Å². The van der Waals surface area contributed by atoms with E-state index in [-0.39, 0.29) is 12.5 Å². The van der Waals surface area contributed by atoms with Gasteiger partial charge in [-0.15, -0.1) is 0 Å². The minimum Gasteiger partial charge on any atom is -0.481 e. The summed E-state index contributed by atoms with van der Waals surface area (Å²) in [6, 6.07) is 7.21. The van der Waals surface area contributed by atoms with Crippen LogP contribution in [0.25, 0.3) is 0 Å². The maximum absolute atomic E-state index is 10.5. The van der Waals surface area contributed by atoms with Crippen molar-refractivity contribution in [3.8, 4) is 6.07 Å². The van der Waals surface area contributed by atoms with Gasteiger partial charge in [0.2, 0.25) is 0 Å². The Morgan fingerprint density at radius 3 is 2.81 bits per heavy atom. The number of nitriles is 1. The Bertz CT molecular complexity index is 435. The zero-order valence-corrected chi connectivity index (χ0v) is 9.32. The van der Waals surface area contributed by atoms with E-state index in [1.54, 1.807) is 18.2 Å². The molecule has 84 valence electrons. The van der Waals surface area contributed by atoms with E-state index in [1.165, 1.54) is 0 Å². The molecule has 0 fully saturated rings. The lowest BCUT2D eigenvalue weighted by molar-refractivity contribution is -0.137. The molecule has 1 atom stereocenters. The molecule has 0 amide bonds. The van der Waals surface area contributed by atoms with Gasteiger partial charge in [-0.05, 0) is 37.6 Å². The third-order valence-corrected chi connectivity index (χ3v) is 2.24. The molecule has 0 saturated carbocycles. The smallest absolute Gasteiger partial charge is 0.305 e. The van der Waals surface area contributed by atoms with E-state index in [0.717, 1.165) is 11.3 Å². The normalized spacial score (nSPS) is 11.6. The standard InChI is InChI=1S/C12H14N2O2/c1-8-5-10(7-13)3-4-11(8)14-9(2)6-12(15)16/h3-5,9,14H,6H2,1-2H3,(H,15,16). The van der Waals surface area contributed by atoms with Crippen LogP contribution in [0.1, 0.15) is 24.5 Å². The van der Waals surface area contributed by atoms with Gasteiger partial charge in [0, 0.05) is 11.7 Å². The predicted octanol–water partition coefficient (Wildman–Crippen LogP) is 2.14. The number of hydrogen-bond donors (Lipinski definition) is 2. The molecule has 0 aliphatic heterocycles. The van der Waals surface area contributed by atoms with Gasteiger partial charge in [0.05, 0.1) is 18.1 Å². The van der Waals surface area contributed by atoms with E-state index in [9.17, 15) is 4.79 Å². The van der Waals surface area contributed by atoms with Crippen LogP contribution in [-0.2, 0) is 4.79 Å². The average molecular weight is 218 g/mol. The number of carboxylic acids is 1. The van der Waals surface area contributed by atoms with Gasteiger partial charge < -0.3 is 10.4 Å². The highest BCUT2D eigenvalue weighted by atomic mass is 16.4. The average Bonchev–Trinajstić information content (AvgIpc) is 2.19. The highest BCUT2D eigenvalue weighted by molar-refractivity contribution is 5.68. The summed E-state index contributed by atoms with van der Waals surface area (Å²) in [5.74, 6) is -0.828. The molecule has 1 aromatic rings. The van der Waals surface area contributed by atoms with E-state index < -0.39 is 5.97 Å². The van der Waals surface area contributed by atoms with Crippen molar-refractivity contribution < 1.29 is 9.90 Å².